The van der Waals surface area contributed by atoms with Crippen molar-refractivity contribution in [3.05, 3.63) is 203 Å². The van der Waals surface area contributed by atoms with Crippen molar-refractivity contribution in [3.63, 3.8) is 0 Å². The van der Waals surface area contributed by atoms with E-state index in [1.165, 1.54) is 36.1 Å². The van der Waals surface area contributed by atoms with Crippen LogP contribution in [0.2, 0.25) is 0 Å². The molecule has 322 valence electrons. The molecule has 0 N–H and O–H groups in total. The first-order valence-corrected chi connectivity index (χ1v) is 22.3. The molecule has 0 saturated carbocycles. The smallest absolute Gasteiger partial charge is 0.170 e. The zero-order valence-electron chi connectivity index (χ0n) is 36.3. The number of benzene rings is 8. The number of hydrogen-bond donors (Lipinski definition) is 0. The van der Waals surface area contributed by atoms with E-state index in [-0.39, 0.29) is 27.7 Å². The first kappa shape index (κ1) is 41.1. The predicted molar refractivity (Wildman–Crippen MR) is 251 cm³/mol. The van der Waals surface area contributed by atoms with Gasteiger partial charge in [-0.3, -0.25) is 0 Å². The molecule has 0 saturated heterocycles. The Balaban J connectivity index is 0.884. The predicted octanol–water partition coefficient (Wildman–Crippen LogP) is 17.1. The topological polar surface area (TPSA) is 0 Å². The zero-order valence-corrected chi connectivity index (χ0v) is 36.3. The standard InChI is InChI=1S/C59H44F6/c1-5-57(6-2)53-33-41(37-19-15-35(16-20-37)39-23-27-45-43-11-7-9-13-49(43)55(3,51(45)31-39)58(60,61)62)25-29-47(53)48-30-26-42(34-54(48)57)38-21-17-36(18-22-38)40-24-28-46-44-12-8-10-14-50(44)56(4,52(46)32-40)59(63,64)65/h7-34H,5-6H2,1-4H3. The second kappa shape index (κ2) is 14.2. The molecule has 0 nitrogen and oxygen atoms in total. The third-order valence-electron chi connectivity index (χ3n) is 15.4. The zero-order chi connectivity index (χ0) is 45.3. The van der Waals surface area contributed by atoms with Crippen molar-refractivity contribution in [1.82, 2.24) is 0 Å². The van der Waals surface area contributed by atoms with Crippen LogP contribution in [0.25, 0.3) is 77.9 Å². The fourth-order valence-electron chi connectivity index (χ4n) is 11.5. The first-order chi connectivity index (χ1) is 31.1. The van der Waals surface area contributed by atoms with Crippen LogP contribution >= 0.6 is 0 Å². The van der Waals surface area contributed by atoms with Gasteiger partial charge in [-0.2, -0.15) is 26.3 Å². The van der Waals surface area contributed by atoms with Crippen LogP contribution in [-0.4, -0.2) is 12.4 Å². The molecular formula is C59H44F6. The van der Waals surface area contributed by atoms with Crippen molar-refractivity contribution in [2.75, 3.05) is 0 Å². The SMILES string of the molecule is CCC1(CC)c2cc(-c3ccc(-c4ccc5c(c4)C(C)(C(F)(F)F)c4ccccc4-5)cc3)ccc2-c2ccc(-c3ccc(-c4ccc5c(c4)C(C)(C(F)(F)F)c4ccccc4-5)cc3)cc21. The molecule has 0 aliphatic heterocycles. The highest BCUT2D eigenvalue weighted by molar-refractivity contribution is 5.89. The monoisotopic (exact) mass is 866 g/mol. The Bertz CT molecular complexity index is 3010. The lowest BCUT2D eigenvalue weighted by atomic mass is 9.73. The number of halogens is 6. The lowest BCUT2D eigenvalue weighted by Crippen LogP contribution is -2.38. The molecule has 3 aliphatic rings. The van der Waals surface area contributed by atoms with E-state index in [9.17, 15) is 26.3 Å². The lowest BCUT2D eigenvalue weighted by Gasteiger charge is -2.30. The Kier molecular flexibility index (Phi) is 8.95. The van der Waals surface area contributed by atoms with Crippen molar-refractivity contribution in [1.29, 1.82) is 0 Å². The average Bonchev–Trinajstić information content (AvgIpc) is 3.87. The van der Waals surface area contributed by atoms with Gasteiger partial charge < -0.3 is 0 Å². The molecule has 0 heterocycles. The van der Waals surface area contributed by atoms with Gasteiger partial charge in [-0.25, -0.2) is 0 Å². The summed E-state index contributed by atoms with van der Waals surface area (Å²) in [5.41, 5.74) is 11.6. The summed E-state index contributed by atoms with van der Waals surface area (Å²) in [6.45, 7) is 7.06. The summed E-state index contributed by atoms with van der Waals surface area (Å²) in [6, 6.07) is 54.2. The maximum Gasteiger partial charge on any atom is 0.402 e. The van der Waals surface area contributed by atoms with Crippen LogP contribution in [0.4, 0.5) is 26.3 Å². The number of rotatable bonds is 6. The molecule has 0 spiro atoms. The number of hydrogen-bond acceptors (Lipinski definition) is 0. The van der Waals surface area contributed by atoms with Gasteiger partial charge in [0.2, 0.25) is 0 Å². The van der Waals surface area contributed by atoms with Gasteiger partial charge in [0.05, 0.1) is 0 Å². The third kappa shape index (κ3) is 5.71. The normalized spacial score (nSPS) is 18.7. The molecule has 0 aromatic heterocycles. The number of alkyl halides is 6. The van der Waals surface area contributed by atoms with Crippen LogP contribution in [0, 0.1) is 0 Å². The highest BCUT2D eigenvalue weighted by Gasteiger charge is 2.59. The van der Waals surface area contributed by atoms with Gasteiger partial charge in [0, 0.05) is 5.41 Å². The summed E-state index contributed by atoms with van der Waals surface area (Å²) in [6.07, 6.45) is -7.13. The molecule has 6 heteroatoms. The Labute approximate surface area is 375 Å². The van der Waals surface area contributed by atoms with Gasteiger partial charge in [-0.1, -0.05) is 159 Å². The molecule has 0 radical (unpaired) electrons. The van der Waals surface area contributed by atoms with Crippen LogP contribution in [0.3, 0.4) is 0 Å². The number of fused-ring (bicyclic) bond motifs is 9. The maximum atomic E-state index is 14.8. The van der Waals surface area contributed by atoms with Crippen molar-refractivity contribution >= 4 is 0 Å². The van der Waals surface area contributed by atoms with E-state index in [2.05, 4.69) is 74.5 Å². The van der Waals surface area contributed by atoms with Crippen molar-refractivity contribution in [3.8, 4) is 77.9 Å². The van der Waals surface area contributed by atoms with Gasteiger partial charge >= 0.3 is 12.4 Å². The van der Waals surface area contributed by atoms with E-state index >= 15 is 0 Å². The van der Waals surface area contributed by atoms with E-state index in [1.807, 2.05) is 48.5 Å². The molecule has 0 fully saturated rings. The van der Waals surface area contributed by atoms with E-state index in [0.717, 1.165) is 57.3 Å². The van der Waals surface area contributed by atoms with Crippen molar-refractivity contribution in [2.24, 2.45) is 0 Å². The largest absolute Gasteiger partial charge is 0.402 e. The third-order valence-corrected chi connectivity index (χ3v) is 15.4. The fraction of sp³-hybridized carbons (Fsp3) is 0.186. The van der Waals surface area contributed by atoms with Crippen molar-refractivity contribution in [2.45, 2.75) is 69.1 Å². The molecule has 2 atom stereocenters. The lowest BCUT2D eigenvalue weighted by molar-refractivity contribution is -0.172. The Hall–Kier alpha value is -6.66. The fourth-order valence-corrected chi connectivity index (χ4v) is 11.5. The summed E-state index contributed by atoms with van der Waals surface area (Å²) in [5.74, 6) is 0. The Morgan fingerprint density at radius 3 is 0.846 bits per heavy atom. The minimum atomic E-state index is -4.46. The summed E-state index contributed by atoms with van der Waals surface area (Å²) in [5, 5.41) is 0. The second-order valence-electron chi connectivity index (χ2n) is 18.3. The Morgan fingerprint density at radius 2 is 0.554 bits per heavy atom. The van der Waals surface area contributed by atoms with Crippen LogP contribution < -0.4 is 0 Å². The highest BCUT2D eigenvalue weighted by Crippen LogP contribution is 2.59. The van der Waals surface area contributed by atoms with Crippen molar-refractivity contribution < 1.29 is 26.3 Å². The van der Waals surface area contributed by atoms with E-state index in [1.54, 1.807) is 60.7 Å². The summed E-state index contributed by atoms with van der Waals surface area (Å²) in [4.78, 5) is 0. The van der Waals surface area contributed by atoms with E-state index in [4.69, 9.17) is 0 Å². The van der Waals surface area contributed by atoms with Crippen LogP contribution in [0.5, 0.6) is 0 Å². The van der Waals surface area contributed by atoms with Gasteiger partial charge in [-0.15, -0.1) is 0 Å². The van der Waals surface area contributed by atoms with E-state index in [0.29, 0.717) is 22.3 Å². The average molecular weight is 867 g/mol. The Morgan fingerprint density at radius 1 is 0.308 bits per heavy atom. The molecular weight excluding hydrogens is 823 g/mol. The molecule has 8 aromatic carbocycles. The molecule has 0 bridgehead atoms. The van der Waals surface area contributed by atoms with Gasteiger partial charge in [0.15, 0.2) is 0 Å². The van der Waals surface area contributed by atoms with Crippen LogP contribution in [0.15, 0.2) is 170 Å². The molecule has 11 rings (SSSR count). The molecule has 65 heavy (non-hydrogen) atoms. The molecule has 0 amide bonds. The molecule has 3 aliphatic carbocycles. The van der Waals surface area contributed by atoms with Crippen LogP contribution in [-0.2, 0) is 16.2 Å². The summed E-state index contributed by atoms with van der Waals surface area (Å²) >= 11 is 0. The highest BCUT2D eigenvalue weighted by atomic mass is 19.4. The quantitative estimate of drug-likeness (QED) is 0.146. The van der Waals surface area contributed by atoms with Gasteiger partial charge in [-0.05, 0) is 162 Å². The second-order valence-corrected chi connectivity index (χ2v) is 18.3. The minimum absolute atomic E-state index is 0.225. The maximum absolute atomic E-state index is 14.8. The van der Waals surface area contributed by atoms with Crippen LogP contribution in [0.1, 0.15) is 73.9 Å². The molecule has 8 aromatic rings. The first-order valence-electron chi connectivity index (χ1n) is 22.3. The summed E-state index contributed by atoms with van der Waals surface area (Å²) in [7, 11) is 0. The minimum Gasteiger partial charge on any atom is -0.170 e. The van der Waals surface area contributed by atoms with Gasteiger partial charge in [0.1, 0.15) is 10.8 Å². The van der Waals surface area contributed by atoms with E-state index < -0.39 is 23.2 Å². The molecule has 2 unspecified atom stereocenters. The summed E-state index contributed by atoms with van der Waals surface area (Å²) < 4.78 is 88.9. The van der Waals surface area contributed by atoms with Gasteiger partial charge in [0.25, 0.3) is 0 Å².